The number of halogens is 1. The van der Waals surface area contributed by atoms with Crippen molar-refractivity contribution in [2.45, 2.75) is 12.8 Å². The summed E-state index contributed by atoms with van der Waals surface area (Å²) in [4.78, 5) is 0. The lowest BCUT2D eigenvalue weighted by molar-refractivity contribution is 0.198. The SMILES string of the molecule is C1CCOC1.C=Cc1ccc(Br)cc1. The third-order valence-corrected chi connectivity index (χ3v) is 2.46. The molecule has 0 unspecified atom stereocenters. The summed E-state index contributed by atoms with van der Waals surface area (Å²) in [5, 5.41) is 0. The molecule has 0 aromatic heterocycles. The van der Waals surface area contributed by atoms with Gasteiger partial charge < -0.3 is 4.74 Å². The van der Waals surface area contributed by atoms with Crippen LogP contribution in [-0.4, -0.2) is 13.2 Å². The highest BCUT2D eigenvalue weighted by Crippen LogP contribution is 2.10. The predicted octanol–water partition coefficient (Wildman–Crippen LogP) is 3.89. The van der Waals surface area contributed by atoms with Gasteiger partial charge in [-0.05, 0) is 30.5 Å². The van der Waals surface area contributed by atoms with Crippen LogP contribution in [-0.2, 0) is 4.74 Å². The van der Waals surface area contributed by atoms with E-state index >= 15 is 0 Å². The summed E-state index contributed by atoms with van der Waals surface area (Å²) in [6.07, 6.45) is 4.38. The maximum absolute atomic E-state index is 4.94. The van der Waals surface area contributed by atoms with E-state index in [0.29, 0.717) is 0 Å². The van der Waals surface area contributed by atoms with E-state index in [1.807, 2.05) is 30.3 Å². The van der Waals surface area contributed by atoms with Crippen LogP contribution in [0.15, 0.2) is 35.3 Å². The van der Waals surface area contributed by atoms with Gasteiger partial charge in [0, 0.05) is 17.7 Å². The van der Waals surface area contributed by atoms with Gasteiger partial charge in [-0.3, -0.25) is 0 Å². The fourth-order valence-corrected chi connectivity index (χ4v) is 1.37. The summed E-state index contributed by atoms with van der Waals surface area (Å²) >= 11 is 3.34. The Bertz CT molecular complexity index is 255. The second kappa shape index (κ2) is 6.80. The average Bonchev–Trinajstić information content (AvgIpc) is 2.77. The van der Waals surface area contributed by atoms with Crippen LogP contribution in [0, 0.1) is 0 Å². The van der Waals surface area contributed by atoms with Gasteiger partial charge in [0.1, 0.15) is 0 Å². The Hall–Kier alpha value is -0.600. The van der Waals surface area contributed by atoms with E-state index in [-0.39, 0.29) is 0 Å². The average molecular weight is 255 g/mol. The van der Waals surface area contributed by atoms with Gasteiger partial charge in [0.15, 0.2) is 0 Å². The molecule has 0 aliphatic carbocycles. The molecule has 1 fully saturated rings. The van der Waals surface area contributed by atoms with Gasteiger partial charge in [0.25, 0.3) is 0 Å². The van der Waals surface area contributed by atoms with E-state index in [1.165, 1.54) is 12.8 Å². The monoisotopic (exact) mass is 254 g/mol. The van der Waals surface area contributed by atoms with Gasteiger partial charge in [-0.25, -0.2) is 0 Å². The van der Waals surface area contributed by atoms with Crippen molar-refractivity contribution in [1.29, 1.82) is 0 Å². The summed E-state index contributed by atoms with van der Waals surface area (Å²) in [6.45, 7) is 5.65. The molecule has 1 nitrogen and oxygen atoms in total. The van der Waals surface area contributed by atoms with E-state index in [1.54, 1.807) is 0 Å². The molecule has 1 aliphatic heterocycles. The Labute approximate surface area is 93.9 Å². The lowest BCUT2D eigenvalue weighted by atomic mass is 10.2. The molecule has 0 N–H and O–H groups in total. The second-order valence-electron chi connectivity index (χ2n) is 3.08. The Morgan fingerprint density at radius 2 is 1.71 bits per heavy atom. The molecule has 1 aromatic carbocycles. The van der Waals surface area contributed by atoms with Crippen molar-refractivity contribution in [2.24, 2.45) is 0 Å². The molecule has 1 aliphatic rings. The topological polar surface area (TPSA) is 9.23 Å². The number of benzene rings is 1. The van der Waals surface area contributed by atoms with Crippen LogP contribution < -0.4 is 0 Å². The Morgan fingerprint density at radius 1 is 1.14 bits per heavy atom. The first kappa shape index (κ1) is 11.5. The Morgan fingerprint density at radius 3 is 2.07 bits per heavy atom. The first-order chi connectivity index (χ1) is 6.83. The summed E-state index contributed by atoms with van der Waals surface area (Å²) < 4.78 is 6.05. The molecule has 2 heteroatoms. The maximum atomic E-state index is 4.94. The van der Waals surface area contributed by atoms with Crippen molar-refractivity contribution in [3.63, 3.8) is 0 Å². The minimum Gasteiger partial charge on any atom is -0.381 e. The zero-order valence-electron chi connectivity index (χ0n) is 8.21. The first-order valence-corrected chi connectivity index (χ1v) is 5.58. The quantitative estimate of drug-likeness (QED) is 0.739. The van der Waals surface area contributed by atoms with Crippen LogP contribution in [0.4, 0.5) is 0 Å². The third-order valence-electron chi connectivity index (χ3n) is 1.93. The van der Waals surface area contributed by atoms with E-state index in [9.17, 15) is 0 Å². The zero-order valence-corrected chi connectivity index (χ0v) is 9.79. The van der Waals surface area contributed by atoms with Crippen molar-refractivity contribution < 1.29 is 4.74 Å². The Balaban J connectivity index is 0.000000165. The normalized spacial score (nSPS) is 14.4. The summed E-state index contributed by atoms with van der Waals surface area (Å²) in [5.41, 5.74) is 1.15. The molecule has 0 amide bonds. The van der Waals surface area contributed by atoms with Crippen molar-refractivity contribution in [1.82, 2.24) is 0 Å². The fraction of sp³-hybridized carbons (Fsp3) is 0.333. The highest BCUT2D eigenvalue weighted by atomic mass is 79.9. The lowest BCUT2D eigenvalue weighted by Crippen LogP contribution is -1.74. The minimum absolute atomic E-state index is 1.00. The maximum Gasteiger partial charge on any atom is 0.0466 e. The second-order valence-corrected chi connectivity index (χ2v) is 3.99. The van der Waals surface area contributed by atoms with Gasteiger partial charge in [-0.2, -0.15) is 0 Å². The van der Waals surface area contributed by atoms with E-state index in [0.717, 1.165) is 23.2 Å². The highest BCUT2D eigenvalue weighted by Gasteiger charge is 1.94. The van der Waals surface area contributed by atoms with Crippen LogP contribution in [0.5, 0.6) is 0 Å². The smallest absolute Gasteiger partial charge is 0.0466 e. The highest BCUT2D eigenvalue weighted by molar-refractivity contribution is 9.10. The van der Waals surface area contributed by atoms with Crippen LogP contribution >= 0.6 is 15.9 Å². The molecule has 2 rings (SSSR count). The van der Waals surface area contributed by atoms with Gasteiger partial charge in [-0.1, -0.05) is 40.7 Å². The van der Waals surface area contributed by atoms with Crippen LogP contribution in [0.25, 0.3) is 6.08 Å². The van der Waals surface area contributed by atoms with Gasteiger partial charge in [-0.15, -0.1) is 0 Å². The molecule has 1 heterocycles. The molecule has 0 saturated carbocycles. The predicted molar refractivity (Wildman–Crippen MR) is 64.3 cm³/mol. The van der Waals surface area contributed by atoms with Crippen LogP contribution in [0.1, 0.15) is 18.4 Å². The van der Waals surface area contributed by atoms with E-state index < -0.39 is 0 Å². The summed E-state index contributed by atoms with van der Waals surface area (Å²) in [5.74, 6) is 0. The summed E-state index contributed by atoms with van der Waals surface area (Å²) in [6, 6.07) is 8.02. The molecule has 76 valence electrons. The number of hydrogen-bond donors (Lipinski definition) is 0. The standard InChI is InChI=1S/C8H7Br.C4H8O/c1-2-7-3-5-8(9)6-4-7;1-2-4-5-3-1/h2-6H,1H2;1-4H2. The Kier molecular flexibility index (Phi) is 5.57. The lowest BCUT2D eigenvalue weighted by Gasteiger charge is -1.90. The van der Waals surface area contributed by atoms with Crippen molar-refractivity contribution in [2.75, 3.05) is 13.2 Å². The number of rotatable bonds is 1. The zero-order chi connectivity index (χ0) is 10.2. The molecule has 0 bridgehead atoms. The molecule has 0 radical (unpaired) electrons. The minimum atomic E-state index is 1.00. The van der Waals surface area contributed by atoms with Crippen molar-refractivity contribution in [3.8, 4) is 0 Å². The van der Waals surface area contributed by atoms with E-state index in [2.05, 4.69) is 22.5 Å². The molecule has 1 aromatic rings. The van der Waals surface area contributed by atoms with Crippen LogP contribution in [0.3, 0.4) is 0 Å². The summed E-state index contributed by atoms with van der Waals surface area (Å²) in [7, 11) is 0. The van der Waals surface area contributed by atoms with Gasteiger partial charge in [0.2, 0.25) is 0 Å². The third kappa shape index (κ3) is 4.58. The van der Waals surface area contributed by atoms with Gasteiger partial charge in [0.05, 0.1) is 0 Å². The molecule has 1 saturated heterocycles. The van der Waals surface area contributed by atoms with E-state index in [4.69, 9.17) is 4.74 Å². The molecule has 0 spiro atoms. The first-order valence-electron chi connectivity index (χ1n) is 4.78. The number of ether oxygens (including phenoxy) is 1. The molecule has 0 atom stereocenters. The largest absolute Gasteiger partial charge is 0.381 e. The van der Waals surface area contributed by atoms with Crippen LogP contribution in [0.2, 0.25) is 0 Å². The number of hydrogen-bond acceptors (Lipinski definition) is 1. The van der Waals surface area contributed by atoms with Crippen molar-refractivity contribution >= 4 is 22.0 Å². The van der Waals surface area contributed by atoms with Gasteiger partial charge >= 0.3 is 0 Å². The molecular formula is C12H15BrO. The molecular weight excluding hydrogens is 240 g/mol. The van der Waals surface area contributed by atoms with Crippen molar-refractivity contribution in [3.05, 3.63) is 40.9 Å². The fourth-order valence-electron chi connectivity index (χ4n) is 1.11. The molecule has 14 heavy (non-hydrogen) atoms.